The largest absolute Gasteiger partial charge is 0.494 e. The number of carbonyl (C=O) groups is 3. The molecule has 4 aromatic carbocycles. The minimum Gasteiger partial charge on any atom is -0.494 e. The molecule has 42 heavy (non-hydrogen) atoms. The van der Waals surface area contributed by atoms with Crippen molar-refractivity contribution >= 4 is 58.5 Å². The Labute approximate surface area is 254 Å². The zero-order chi connectivity index (χ0) is 29.9. The molecule has 0 aromatic heterocycles. The lowest BCUT2D eigenvalue weighted by atomic mass is 10.1. The standard InChI is InChI=1S/C33H30ClN3O4S/c1-3-41-26-17-15-23(16-18-26)19-30(37-32(39)24-9-5-4-6-10-24)33(40)35-25-11-7-12-27(20-25)42-21-31(38)36-29-14-8-13-28(34)22(29)2/h4-20H,3,21H2,1-2H3,(H,35,40)(H,36,38)(H,37,39)/b30-19+. The van der Waals surface area contributed by atoms with Crippen LogP contribution in [0.3, 0.4) is 0 Å². The second-order valence-corrected chi connectivity index (χ2v) is 10.6. The number of anilines is 2. The molecule has 0 saturated heterocycles. The molecule has 0 heterocycles. The van der Waals surface area contributed by atoms with Gasteiger partial charge in [-0.25, -0.2) is 0 Å². The number of ether oxygens (including phenoxy) is 1. The third-order valence-corrected chi connectivity index (χ3v) is 7.44. The highest BCUT2D eigenvalue weighted by molar-refractivity contribution is 8.00. The Balaban J connectivity index is 1.46. The van der Waals surface area contributed by atoms with Crippen LogP contribution < -0.4 is 20.7 Å². The predicted octanol–water partition coefficient (Wildman–Crippen LogP) is 7.19. The molecular formula is C33H30ClN3O4S. The molecule has 214 valence electrons. The maximum Gasteiger partial charge on any atom is 0.272 e. The molecule has 0 atom stereocenters. The number of benzene rings is 4. The summed E-state index contributed by atoms with van der Waals surface area (Å²) in [5, 5.41) is 9.06. The number of rotatable bonds is 11. The fraction of sp³-hybridized carbons (Fsp3) is 0.121. The van der Waals surface area contributed by atoms with E-state index in [2.05, 4.69) is 16.0 Å². The van der Waals surface area contributed by atoms with Crippen molar-refractivity contribution in [1.29, 1.82) is 0 Å². The summed E-state index contributed by atoms with van der Waals surface area (Å²) >= 11 is 7.48. The fourth-order valence-corrected chi connectivity index (χ4v) is 4.81. The predicted molar refractivity (Wildman–Crippen MR) is 170 cm³/mol. The van der Waals surface area contributed by atoms with Gasteiger partial charge in [0, 0.05) is 26.9 Å². The molecule has 0 saturated carbocycles. The van der Waals surface area contributed by atoms with Gasteiger partial charge in [-0.05, 0) is 85.6 Å². The smallest absolute Gasteiger partial charge is 0.272 e. The van der Waals surface area contributed by atoms with E-state index >= 15 is 0 Å². The van der Waals surface area contributed by atoms with Crippen molar-refractivity contribution in [3.05, 3.63) is 124 Å². The topological polar surface area (TPSA) is 96.5 Å². The van der Waals surface area contributed by atoms with E-state index < -0.39 is 11.8 Å². The monoisotopic (exact) mass is 599 g/mol. The van der Waals surface area contributed by atoms with E-state index in [4.69, 9.17) is 16.3 Å². The lowest BCUT2D eigenvalue weighted by Crippen LogP contribution is -2.30. The van der Waals surface area contributed by atoms with Crippen LogP contribution in [-0.2, 0) is 9.59 Å². The van der Waals surface area contributed by atoms with E-state index in [-0.39, 0.29) is 17.4 Å². The number of hydrogen-bond acceptors (Lipinski definition) is 5. The Hall–Kier alpha value is -4.53. The highest BCUT2D eigenvalue weighted by Gasteiger charge is 2.16. The first-order valence-corrected chi connectivity index (χ1v) is 14.6. The molecule has 0 unspecified atom stereocenters. The van der Waals surface area contributed by atoms with Gasteiger partial charge in [0.2, 0.25) is 5.91 Å². The SMILES string of the molecule is CCOc1ccc(/C=C(/NC(=O)c2ccccc2)C(=O)Nc2cccc(SCC(=O)Nc3cccc(Cl)c3C)c2)cc1. The van der Waals surface area contributed by atoms with E-state index in [1.54, 1.807) is 91.0 Å². The number of amides is 3. The van der Waals surface area contributed by atoms with E-state index in [1.165, 1.54) is 11.8 Å². The summed E-state index contributed by atoms with van der Waals surface area (Å²) in [5.74, 6) is -0.208. The van der Waals surface area contributed by atoms with Crippen molar-refractivity contribution in [3.63, 3.8) is 0 Å². The Morgan fingerprint density at radius 2 is 1.62 bits per heavy atom. The molecule has 0 aliphatic heterocycles. The third-order valence-electron chi connectivity index (χ3n) is 6.03. The highest BCUT2D eigenvalue weighted by Crippen LogP contribution is 2.25. The molecular weight excluding hydrogens is 570 g/mol. The normalized spacial score (nSPS) is 11.0. The Bertz CT molecular complexity index is 1590. The number of nitrogens with one attached hydrogen (secondary N) is 3. The molecule has 3 amide bonds. The van der Waals surface area contributed by atoms with Crippen LogP contribution in [0.5, 0.6) is 5.75 Å². The zero-order valence-corrected chi connectivity index (χ0v) is 24.7. The van der Waals surface area contributed by atoms with Gasteiger partial charge in [0.25, 0.3) is 11.8 Å². The van der Waals surface area contributed by atoms with Gasteiger partial charge in [-0.15, -0.1) is 11.8 Å². The first-order valence-electron chi connectivity index (χ1n) is 13.2. The first-order chi connectivity index (χ1) is 20.3. The van der Waals surface area contributed by atoms with Crippen LogP contribution in [0, 0.1) is 6.92 Å². The van der Waals surface area contributed by atoms with E-state index in [0.717, 1.165) is 10.5 Å². The zero-order valence-electron chi connectivity index (χ0n) is 23.1. The van der Waals surface area contributed by atoms with Crippen molar-refractivity contribution in [2.75, 3.05) is 23.0 Å². The summed E-state index contributed by atoms with van der Waals surface area (Å²) in [5.41, 5.74) is 3.19. The maximum absolute atomic E-state index is 13.4. The molecule has 3 N–H and O–H groups in total. The van der Waals surface area contributed by atoms with Crippen molar-refractivity contribution in [2.45, 2.75) is 18.7 Å². The number of thioether (sulfide) groups is 1. The van der Waals surface area contributed by atoms with Gasteiger partial charge < -0.3 is 20.7 Å². The molecule has 7 nitrogen and oxygen atoms in total. The van der Waals surface area contributed by atoms with Crippen molar-refractivity contribution < 1.29 is 19.1 Å². The van der Waals surface area contributed by atoms with Gasteiger partial charge >= 0.3 is 0 Å². The first kappa shape index (κ1) is 30.4. The third kappa shape index (κ3) is 8.73. The van der Waals surface area contributed by atoms with Crippen LogP contribution in [0.15, 0.2) is 108 Å². The molecule has 4 aromatic rings. The highest BCUT2D eigenvalue weighted by atomic mass is 35.5. The molecule has 0 aliphatic rings. The Morgan fingerprint density at radius 3 is 2.36 bits per heavy atom. The van der Waals surface area contributed by atoms with E-state index in [1.807, 2.05) is 26.0 Å². The van der Waals surface area contributed by atoms with Crippen LogP contribution >= 0.6 is 23.4 Å². The molecule has 0 spiro atoms. The number of carbonyl (C=O) groups excluding carboxylic acids is 3. The average molecular weight is 600 g/mol. The summed E-state index contributed by atoms with van der Waals surface area (Å²) in [6, 6.07) is 28.4. The van der Waals surface area contributed by atoms with Crippen LogP contribution in [-0.4, -0.2) is 30.1 Å². The number of hydrogen-bond donors (Lipinski definition) is 3. The van der Waals surface area contributed by atoms with Crippen molar-refractivity contribution in [1.82, 2.24) is 5.32 Å². The Morgan fingerprint density at radius 1 is 0.881 bits per heavy atom. The molecule has 0 aliphatic carbocycles. The van der Waals surface area contributed by atoms with Crippen LogP contribution in [0.1, 0.15) is 28.4 Å². The summed E-state index contributed by atoms with van der Waals surface area (Å²) < 4.78 is 5.50. The van der Waals surface area contributed by atoms with Gasteiger partial charge in [0.15, 0.2) is 0 Å². The van der Waals surface area contributed by atoms with Gasteiger partial charge in [-0.2, -0.15) is 0 Å². The van der Waals surface area contributed by atoms with Crippen LogP contribution in [0.2, 0.25) is 5.02 Å². The van der Waals surface area contributed by atoms with Crippen molar-refractivity contribution in [2.24, 2.45) is 0 Å². The average Bonchev–Trinajstić information content (AvgIpc) is 3.00. The van der Waals surface area contributed by atoms with Gasteiger partial charge in [0.05, 0.1) is 12.4 Å². The van der Waals surface area contributed by atoms with E-state index in [9.17, 15) is 14.4 Å². The molecule has 9 heteroatoms. The summed E-state index contributed by atoms with van der Waals surface area (Å²) in [6.45, 7) is 4.29. The molecule has 0 fully saturated rings. The lowest BCUT2D eigenvalue weighted by molar-refractivity contribution is -0.114. The summed E-state index contributed by atoms with van der Waals surface area (Å²) in [6.07, 6.45) is 1.60. The van der Waals surface area contributed by atoms with Gasteiger partial charge in [-0.1, -0.05) is 54.1 Å². The van der Waals surface area contributed by atoms with Crippen LogP contribution in [0.25, 0.3) is 6.08 Å². The van der Waals surface area contributed by atoms with Crippen molar-refractivity contribution in [3.8, 4) is 5.75 Å². The second kappa shape index (κ2) is 14.9. The lowest BCUT2D eigenvalue weighted by Gasteiger charge is -2.13. The Kier molecular flexibility index (Phi) is 10.8. The molecule has 0 bridgehead atoms. The minimum absolute atomic E-state index is 0.0716. The van der Waals surface area contributed by atoms with E-state index in [0.29, 0.717) is 39.9 Å². The van der Waals surface area contributed by atoms with Gasteiger partial charge in [0.1, 0.15) is 11.4 Å². The minimum atomic E-state index is -0.496. The summed E-state index contributed by atoms with van der Waals surface area (Å²) in [4.78, 5) is 39.6. The fourth-order valence-electron chi connectivity index (χ4n) is 3.88. The maximum atomic E-state index is 13.4. The number of halogens is 1. The second-order valence-electron chi connectivity index (χ2n) is 9.11. The molecule has 4 rings (SSSR count). The van der Waals surface area contributed by atoms with Gasteiger partial charge in [-0.3, -0.25) is 14.4 Å². The quantitative estimate of drug-likeness (QED) is 0.125. The van der Waals surface area contributed by atoms with Crippen LogP contribution in [0.4, 0.5) is 11.4 Å². The molecule has 0 radical (unpaired) electrons. The summed E-state index contributed by atoms with van der Waals surface area (Å²) in [7, 11) is 0.